The number of carbonyl (C=O) groups excluding carboxylic acids is 1. The second kappa shape index (κ2) is 9.80. The standard InChI is InChI=1S/C23H26N2O5S/c1-4-25(5-2)31(27,28)19-12-13-22(29-6-3)20(16-19)24-23(26)14-11-18-15-17-9-7-8-10-21(17)30-18/h7-16H,4-6H2,1-3H3,(H,24,26)/b14-11+. The predicted molar refractivity (Wildman–Crippen MR) is 122 cm³/mol. The molecule has 0 saturated carbocycles. The third-order valence-electron chi connectivity index (χ3n) is 4.70. The number of benzene rings is 2. The number of anilines is 1. The van der Waals surface area contributed by atoms with Gasteiger partial charge >= 0.3 is 0 Å². The Morgan fingerprint density at radius 3 is 2.52 bits per heavy atom. The number of fused-ring (bicyclic) bond motifs is 1. The molecule has 0 unspecified atom stereocenters. The van der Waals surface area contributed by atoms with Gasteiger partial charge < -0.3 is 14.5 Å². The van der Waals surface area contributed by atoms with Crippen LogP contribution in [-0.4, -0.2) is 38.3 Å². The second-order valence-corrected chi connectivity index (χ2v) is 8.63. The molecule has 2 aromatic carbocycles. The molecule has 3 aromatic rings. The third kappa shape index (κ3) is 5.15. The molecule has 0 radical (unpaired) electrons. The molecule has 31 heavy (non-hydrogen) atoms. The van der Waals surface area contributed by atoms with Gasteiger partial charge in [0.15, 0.2) is 0 Å². The van der Waals surface area contributed by atoms with Gasteiger partial charge in [-0.25, -0.2) is 8.42 Å². The van der Waals surface area contributed by atoms with E-state index < -0.39 is 15.9 Å². The van der Waals surface area contributed by atoms with Crippen molar-refractivity contribution in [3.8, 4) is 5.75 Å². The number of amides is 1. The Morgan fingerprint density at radius 1 is 1.10 bits per heavy atom. The minimum atomic E-state index is -3.67. The zero-order chi connectivity index (χ0) is 22.4. The Labute approximate surface area is 182 Å². The number of hydrogen-bond donors (Lipinski definition) is 1. The van der Waals surface area contributed by atoms with E-state index in [2.05, 4.69) is 5.32 Å². The van der Waals surface area contributed by atoms with Crippen molar-refractivity contribution in [1.29, 1.82) is 0 Å². The molecule has 1 aromatic heterocycles. The van der Waals surface area contributed by atoms with Crippen LogP contribution in [0.5, 0.6) is 5.75 Å². The van der Waals surface area contributed by atoms with Crippen molar-refractivity contribution in [3.63, 3.8) is 0 Å². The summed E-state index contributed by atoms with van der Waals surface area (Å²) in [6, 6.07) is 13.9. The van der Waals surface area contributed by atoms with Crippen molar-refractivity contribution in [3.05, 3.63) is 60.4 Å². The molecule has 3 rings (SSSR count). The van der Waals surface area contributed by atoms with Gasteiger partial charge in [-0.05, 0) is 43.3 Å². The number of hydrogen-bond acceptors (Lipinski definition) is 5. The molecule has 8 heteroatoms. The summed E-state index contributed by atoms with van der Waals surface area (Å²) in [6.07, 6.45) is 2.89. The minimum Gasteiger partial charge on any atom is -0.492 e. The van der Waals surface area contributed by atoms with Gasteiger partial charge in [0.25, 0.3) is 0 Å². The first-order valence-electron chi connectivity index (χ1n) is 10.1. The Balaban J connectivity index is 1.85. The zero-order valence-corrected chi connectivity index (χ0v) is 18.6. The summed E-state index contributed by atoms with van der Waals surface area (Å²) >= 11 is 0. The Hall–Kier alpha value is -3.10. The fourth-order valence-electron chi connectivity index (χ4n) is 3.18. The van der Waals surface area contributed by atoms with Crippen LogP contribution in [0.15, 0.2) is 63.9 Å². The van der Waals surface area contributed by atoms with Crippen LogP contribution in [0.1, 0.15) is 26.5 Å². The van der Waals surface area contributed by atoms with Crippen molar-refractivity contribution in [2.75, 3.05) is 25.0 Å². The SMILES string of the molecule is CCOc1ccc(S(=O)(=O)N(CC)CC)cc1NC(=O)/C=C/c1cc2ccccc2o1. The van der Waals surface area contributed by atoms with Gasteiger partial charge in [0, 0.05) is 24.6 Å². The minimum absolute atomic E-state index is 0.0937. The van der Waals surface area contributed by atoms with Crippen LogP contribution in [0.2, 0.25) is 0 Å². The van der Waals surface area contributed by atoms with Crippen LogP contribution in [0.25, 0.3) is 17.0 Å². The van der Waals surface area contributed by atoms with Crippen LogP contribution in [0.4, 0.5) is 5.69 Å². The first-order chi connectivity index (χ1) is 14.9. The van der Waals surface area contributed by atoms with E-state index in [9.17, 15) is 13.2 Å². The fourth-order valence-corrected chi connectivity index (χ4v) is 4.66. The number of rotatable bonds is 9. The number of furan rings is 1. The number of nitrogens with one attached hydrogen (secondary N) is 1. The van der Waals surface area contributed by atoms with Crippen LogP contribution in [0, 0.1) is 0 Å². The highest BCUT2D eigenvalue weighted by Gasteiger charge is 2.23. The fraction of sp³-hybridized carbons (Fsp3) is 0.261. The highest BCUT2D eigenvalue weighted by molar-refractivity contribution is 7.89. The maximum atomic E-state index is 12.8. The summed E-state index contributed by atoms with van der Waals surface area (Å²) in [4.78, 5) is 12.6. The van der Waals surface area contributed by atoms with E-state index in [1.165, 1.54) is 22.5 Å². The van der Waals surface area contributed by atoms with Gasteiger partial charge in [-0.15, -0.1) is 0 Å². The Bertz CT molecular complexity index is 1160. The highest BCUT2D eigenvalue weighted by atomic mass is 32.2. The van der Waals surface area contributed by atoms with Crippen LogP contribution < -0.4 is 10.1 Å². The van der Waals surface area contributed by atoms with Crippen LogP contribution in [-0.2, 0) is 14.8 Å². The van der Waals surface area contributed by atoms with E-state index >= 15 is 0 Å². The average molecular weight is 443 g/mol. The van der Waals surface area contributed by atoms with E-state index in [0.29, 0.717) is 31.2 Å². The number of nitrogens with zero attached hydrogens (tertiary/aromatic N) is 1. The lowest BCUT2D eigenvalue weighted by molar-refractivity contribution is -0.111. The lowest BCUT2D eigenvalue weighted by Gasteiger charge is -2.19. The monoisotopic (exact) mass is 442 g/mol. The first kappa shape index (κ1) is 22.6. The topological polar surface area (TPSA) is 88.9 Å². The Kier molecular flexibility index (Phi) is 7.14. The van der Waals surface area contributed by atoms with Crippen molar-refractivity contribution in [2.45, 2.75) is 25.7 Å². The second-order valence-electron chi connectivity index (χ2n) is 6.69. The zero-order valence-electron chi connectivity index (χ0n) is 17.8. The van der Waals surface area contributed by atoms with Gasteiger partial charge in [0.2, 0.25) is 15.9 Å². The molecule has 0 atom stereocenters. The predicted octanol–water partition coefficient (Wildman–Crippen LogP) is 4.51. The molecule has 0 saturated heterocycles. The van der Waals surface area contributed by atoms with E-state index in [-0.39, 0.29) is 10.6 Å². The summed E-state index contributed by atoms with van der Waals surface area (Å²) in [5.74, 6) is 0.504. The van der Waals surface area contributed by atoms with Crippen LogP contribution >= 0.6 is 0 Å². The van der Waals surface area contributed by atoms with Gasteiger partial charge in [-0.1, -0.05) is 32.0 Å². The number of carbonyl (C=O) groups is 1. The molecule has 1 amide bonds. The van der Waals surface area contributed by atoms with E-state index in [0.717, 1.165) is 11.0 Å². The van der Waals surface area contributed by atoms with E-state index in [1.807, 2.05) is 37.3 Å². The largest absolute Gasteiger partial charge is 0.492 e. The van der Waals surface area contributed by atoms with Crippen molar-refractivity contribution >= 4 is 38.7 Å². The quantitative estimate of drug-likeness (QED) is 0.493. The lowest BCUT2D eigenvalue weighted by Crippen LogP contribution is -2.30. The molecule has 0 aliphatic rings. The normalized spacial score (nSPS) is 12.0. The molecule has 1 heterocycles. The van der Waals surface area contributed by atoms with Gasteiger partial charge in [-0.2, -0.15) is 4.31 Å². The number of ether oxygens (including phenoxy) is 1. The maximum Gasteiger partial charge on any atom is 0.248 e. The molecule has 0 aliphatic carbocycles. The molecule has 1 N–H and O–H groups in total. The molecule has 0 spiro atoms. The Morgan fingerprint density at radius 2 is 1.84 bits per heavy atom. The van der Waals surface area contributed by atoms with E-state index in [4.69, 9.17) is 9.15 Å². The molecular formula is C23H26N2O5S. The van der Waals surface area contributed by atoms with Crippen molar-refractivity contribution < 1.29 is 22.4 Å². The molecule has 7 nitrogen and oxygen atoms in total. The summed E-state index contributed by atoms with van der Waals surface area (Å²) in [5.41, 5.74) is 1.02. The third-order valence-corrected chi connectivity index (χ3v) is 6.74. The highest BCUT2D eigenvalue weighted by Crippen LogP contribution is 2.29. The molecule has 0 aliphatic heterocycles. The lowest BCUT2D eigenvalue weighted by atomic mass is 10.2. The molecule has 0 fully saturated rings. The molecular weight excluding hydrogens is 416 g/mol. The molecule has 0 bridgehead atoms. The summed E-state index contributed by atoms with van der Waals surface area (Å²) in [6.45, 7) is 6.46. The van der Waals surface area contributed by atoms with Crippen LogP contribution in [0.3, 0.4) is 0 Å². The maximum absolute atomic E-state index is 12.8. The van der Waals surface area contributed by atoms with Crippen molar-refractivity contribution in [2.24, 2.45) is 0 Å². The number of sulfonamides is 1. The number of para-hydroxylation sites is 1. The first-order valence-corrected chi connectivity index (χ1v) is 11.6. The smallest absolute Gasteiger partial charge is 0.248 e. The van der Waals surface area contributed by atoms with E-state index in [1.54, 1.807) is 26.0 Å². The van der Waals surface area contributed by atoms with Gasteiger partial charge in [-0.3, -0.25) is 4.79 Å². The van der Waals surface area contributed by atoms with Crippen molar-refractivity contribution in [1.82, 2.24) is 4.31 Å². The van der Waals surface area contributed by atoms with Gasteiger partial charge in [0.05, 0.1) is 17.2 Å². The molecule has 164 valence electrons. The van der Waals surface area contributed by atoms with Gasteiger partial charge in [0.1, 0.15) is 17.1 Å². The summed E-state index contributed by atoms with van der Waals surface area (Å²) in [7, 11) is -3.67. The summed E-state index contributed by atoms with van der Waals surface area (Å²) in [5, 5.41) is 3.65. The summed E-state index contributed by atoms with van der Waals surface area (Å²) < 4.78 is 38.3. The average Bonchev–Trinajstić information content (AvgIpc) is 3.17.